The molecule has 0 spiro atoms. The molecule has 0 radical (unpaired) electrons. The van der Waals surface area contributed by atoms with Gasteiger partial charge < -0.3 is 0 Å². The van der Waals surface area contributed by atoms with Gasteiger partial charge in [0, 0.05) is 10.6 Å². The molecule has 0 amide bonds. The monoisotopic (exact) mass is 394 g/mol. The lowest BCUT2D eigenvalue weighted by Gasteiger charge is -2.08. The van der Waals surface area contributed by atoms with Crippen LogP contribution in [0, 0.1) is 0 Å². The Bertz CT molecular complexity index is 1210. The molecule has 0 bridgehead atoms. The van der Waals surface area contributed by atoms with Crippen molar-refractivity contribution >= 4 is 49.4 Å². The summed E-state index contributed by atoms with van der Waals surface area (Å²) in [6.45, 7) is 0. The molecule has 0 aliphatic carbocycles. The zero-order valence-electron chi connectivity index (χ0n) is 14.1. The fraction of sp³-hybridized carbons (Fsp3) is 0. The summed E-state index contributed by atoms with van der Waals surface area (Å²) >= 11 is 5.81. The third-order valence-electron chi connectivity index (χ3n) is 4.30. The topological polar surface area (TPSA) is 58.5 Å². The van der Waals surface area contributed by atoms with Crippen molar-refractivity contribution in [2.24, 2.45) is 5.10 Å². The smallest absolute Gasteiger partial charge is 0.200 e. The third-order valence-corrected chi connectivity index (χ3v) is 5.79. The lowest BCUT2D eigenvalue weighted by molar-refractivity contribution is 0.584. The number of hydrazone groups is 1. The van der Waals surface area contributed by atoms with Gasteiger partial charge >= 0.3 is 0 Å². The van der Waals surface area contributed by atoms with Crippen molar-refractivity contribution in [2.45, 2.75) is 4.90 Å². The molecule has 1 N–H and O–H groups in total. The van der Waals surface area contributed by atoms with Crippen LogP contribution in [-0.4, -0.2) is 14.6 Å². The third kappa shape index (κ3) is 3.52. The van der Waals surface area contributed by atoms with Crippen LogP contribution >= 0.6 is 11.6 Å². The van der Waals surface area contributed by atoms with Crippen molar-refractivity contribution in [2.75, 3.05) is 0 Å². The molecule has 4 aromatic carbocycles. The Balaban J connectivity index is 1.75. The molecule has 4 aromatic rings. The molecule has 0 fully saturated rings. The number of sulfonamides is 1. The molecule has 0 aromatic heterocycles. The Morgan fingerprint density at radius 2 is 1.37 bits per heavy atom. The van der Waals surface area contributed by atoms with E-state index in [0.717, 1.165) is 27.1 Å². The zero-order chi connectivity index (χ0) is 18.9. The molecule has 4 rings (SSSR count). The Morgan fingerprint density at radius 1 is 0.815 bits per heavy atom. The summed E-state index contributed by atoms with van der Waals surface area (Å²) in [5.74, 6) is 0. The zero-order valence-corrected chi connectivity index (χ0v) is 15.7. The first-order valence-electron chi connectivity index (χ1n) is 8.25. The van der Waals surface area contributed by atoms with Gasteiger partial charge in [-0.05, 0) is 51.9 Å². The summed E-state index contributed by atoms with van der Waals surface area (Å²) < 4.78 is 24.8. The average molecular weight is 395 g/mol. The van der Waals surface area contributed by atoms with Crippen LogP contribution in [0.3, 0.4) is 0 Å². The quantitative estimate of drug-likeness (QED) is 0.302. The van der Waals surface area contributed by atoms with Gasteiger partial charge in [0.25, 0.3) is 10.0 Å². The molecule has 0 heterocycles. The molecule has 4 nitrogen and oxygen atoms in total. The van der Waals surface area contributed by atoms with Crippen molar-refractivity contribution in [3.63, 3.8) is 0 Å². The van der Waals surface area contributed by atoms with Crippen LogP contribution in [0.4, 0.5) is 0 Å². The van der Waals surface area contributed by atoms with Crippen molar-refractivity contribution in [1.82, 2.24) is 4.83 Å². The first-order valence-corrected chi connectivity index (χ1v) is 10.1. The number of halogens is 1. The molecule has 0 aliphatic rings. The first kappa shape index (κ1) is 17.5. The van der Waals surface area contributed by atoms with E-state index in [1.165, 1.54) is 24.3 Å². The summed E-state index contributed by atoms with van der Waals surface area (Å²) in [6.07, 6.45) is 1.55. The lowest BCUT2D eigenvalue weighted by Crippen LogP contribution is -2.18. The van der Waals surface area contributed by atoms with E-state index >= 15 is 0 Å². The van der Waals surface area contributed by atoms with E-state index in [1.54, 1.807) is 6.21 Å². The minimum Gasteiger partial charge on any atom is -0.200 e. The van der Waals surface area contributed by atoms with Gasteiger partial charge in [0.1, 0.15) is 0 Å². The molecule has 27 heavy (non-hydrogen) atoms. The molecule has 0 saturated heterocycles. The van der Waals surface area contributed by atoms with Crippen LogP contribution in [-0.2, 0) is 10.0 Å². The van der Waals surface area contributed by atoms with Crippen LogP contribution in [0.25, 0.3) is 21.5 Å². The van der Waals surface area contributed by atoms with Gasteiger partial charge in [-0.15, -0.1) is 0 Å². The van der Waals surface area contributed by atoms with E-state index in [4.69, 9.17) is 11.6 Å². The Hall–Kier alpha value is -2.89. The van der Waals surface area contributed by atoms with Crippen LogP contribution in [0.15, 0.2) is 88.9 Å². The predicted molar refractivity (Wildman–Crippen MR) is 111 cm³/mol. The number of rotatable bonds is 4. The van der Waals surface area contributed by atoms with E-state index in [9.17, 15) is 8.42 Å². The van der Waals surface area contributed by atoms with Gasteiger partial charge in [-0.1, -0.05) is 60.1 Å². The van der Waals surface area contributed by atoms with E-state index in [2.05, 4.69) is 16.0 Å². The minimum absolute atomic E-state index is 0.104. The molecular weight excluding hydrogens is 380 g/mol. The van der Waals surface area contributed by atoms with Crippen LogP contribution in [0.1, 0.15) is 5.56 Å². The van der Waals surface area contributed by atoms with Gasteiger partial charge in [0.2, 0.25) is 0 Å². The van der Waals surface area contributed by atoms with E-state index in [1.807, 2.05) is 48.5 Å². The first-order chi connectivity index (χ1) is 13.0. The molecule has 0 saturated carbocycles. The van der Waals surface area contributed by atoms with Gasteiger partial charge in [0.05, 0.1) is 11.1 Å². The normalized spacial score (nSPS) is 12.0. The maximum atomic E-state index is 12.4. The highest BCUT2D eigenvalue weighted by Gasteiger charge is 2.12. The Kier molecular flexibility index (Phi) is 4.56. The molecule has 134 valence electrons. The van der Waals surface area contributed by atoms with Crippen LogP contribution in [0.2, 0.25) is 5.02 Å². The standard InChI is InChI=1S/C21H15ClN2O2S/c22-17-9-11-18(12-10-17)27(25,26)24-23-14-21-19-7-3-1-5-15(19)13-16-6-2-4-8-20(16)21/h1-14,24H/b23-14+. The minimum atomic E-state index is -3.76. The maximum absolute atomic E-state index is 12.4. The number of hydrogen-bond donors (Lipinski definition) is 1. The van der Waals surface area contributed by atoms with Gasteiger partial charge in [-0.3, -0.25) is 0 Å². The number of nitrogens with zero attached hydrogens (tertiary/aromatic N) is 1. The van der Waals surface area contributed by atoms with Crippen LogP contribution < -0.4 is 4.83 Å². The fourth-order valence-corrected chi connectivity index (χ4v) is 3.93. The van der Waals surface area contributed by atoms with E-state index < -0.39 is 10.0 Å². The van der Waals surface area contributed by atoms with E-state index in [-0.39, 0.29) is 4.90 Å². The van der Waals surface area contributed by atoms with E-state index in [0.29, 0.717) is 5.02 Å². The maximum Gasteiger partial charge on any atom is 0.276 e. The predicted octanol–water partition coefficient (Wildman–Crippen LogP) is 4.96. The van der Waals surface area contributed by atoms with Gasteiger partial charge in [-0.25, -0.2) is 4.83 Å². The summed E-state index contributed by atoms with van der Waals surface area (Å²) in [5, 5.41) is 8.63. The summed E-state index contributed by atoms with van der Waals surface area (Å²) in [7, 11) is -3.76. The summed E-state index contributed by atoms with van der Waals surface area (Å²) in [6, 6.07) is 23.9. The second-order valence-electron chi connectivity index (χ2n) is 6.04. The average Bonchev–Trinajstić information content (AvgIpc) is 2.67. The van der Waals surface area contributed by atoms with Gasteiger partial charge in [0.15, 0.2) is 0 Å². The SMILES string of the molecule is O=S(=O)(N/N=C/c1c2ccccc2cc2ccccc12)c1ccc(Cl)cc1. The number of hydrogen-bond acceptors (Lipinski definition) is 3. The number of fused-ring (bicyclic) bond motifs is 2. The largest absolute Gasteiger partial charge is 0.276 e. The summed E-state index contributed by atoms with van der Waals surface area (Å²) in [5.41, 5.74) is 0.863. The molecular formula is C21H15ClN2O2S. The lowest BCUT2D eigenvalue weighted by atomic mass is 9.97. The molecule has 0 unspecified atom stereocenters. The number of benzene rings is 4. The Labute approximate surface area is 162 Å². The highest BCUT2D eigenvalue weighted by Crippen LogP contribution is 2.27. The van der Waals surface area contributed by atoms with Crippen LogP contribution in [0.5, 0.6) is 0 Å². The molecule has 0 atom stereocenters. The van der Waals surface area contributed by atoms with Crippen molar-refractivity contribution < 1.29 is 8.42 Å². The number of nitrogens with one attached hydrogen (secondary N) is 1. The second-order valence-corrected chi connectivity index (χ2v) is 8.14. The Morgan fingerprint density at radius 3 is 1.96 bits per heavy atom. The van der Waals surface area contributed by atoms with Gasteiger partial charge in [-0.2, -0.15) is 13.5 Å². The molecule has 6 heteroatoms. The van der Waals surface area contributed by atoms with Crippen molar-refractivity contribution in [1.29, 1.82) is 0 Å². The second kappa shape index (κ2) is 7.02. The van der Waals surface area contributed by atoms with Crippen molar-refractivity contribution in [3.8, 4) is 0 Å². The highest BCUT2D eigenvalue weighted by molar-refractivity contribution is 7.89. The summed E-state index contributed by atoms with van der Waals surface area (Å²) in [4.78, 5) is 2.37. The van der Waals surface area contributed by atoms with Crippen molar-refractivity contribution in [3.05, 3.63) is 89.4 Å². The highest BCUT2D eigenvalue weighted by atomic mass is 35.5. The fourth-order valence-electron chi connectivity index (χ4n) is 3.01. The molecule has 0 aliphatic heterocycles.